The van der Waals surface area contributed by atoms with Gasteiger partial charge in [0.1, 0.15) is 0 Å². The van der Waals surface area contributed by atoms with E-state index >= 15 is 0 Å². The van der Waals surface area contributed by atoms with E-state index in [1.807, 2.05) is 10.6 Å². The first-order valence-electron chi connectivity index (χ1n) is 11.1. The maximum absolute atomic E-state index is 13.2. The molecule has 2 N–H and O–H groups in total. The van der Waals surface area contributed by atoms with Gasteiger partial charge < -0.3 is 10.0 Å². The van der Waals surface area contributed by atoms with Crippen molar-refractivity contribution < 1.29 is 9.90 Å². The molecule has 29 heavy (non-hydrogen) atoms. The molecule has 1 aromatic carbocycles. The van der Waals surface area contributed by atoms with E-state index < -0.39 is 0 Å². The SMILES string of the molecule is C[C@@H]1CCC[C@H](C)N1C(=O)C1CCC(Cn2c(=O)n(C)c3ccc([OH2+])cc32)CC1. The Morgan fingerprint density at radius 1 is 1.03 bits per heavy atom. The first-order chi connectivity index (χ1) is 13.9. The van der Waals surface area contributed by atoms with Crippen molar-refractivity contribution in [1.29, 1.82) is 0 Å². The smallest absolute Gasteiger partial charge is 0.328 e. The number of aryl methyl sites for hydroxylation is 1. The Labute approximate surface area is 172 Å². The molecular weight excluding hydrogens is 366 g/mol. The molecule has 0 radical (unpaired) electrons. The van der Waals surface area contributed by atoms with Gasteiger partial charge in [-0.1, -0.05) is 0 Å². The zero-order valence-corrected chi connectivity index (χ0v) is 17.9. The molecule has 2 fully saturated rings. The van der Waals surface area contributed by atoms with Gasteiger partial charge in [0.2, 0.25) is 5.91 Å². The van der Waals surface area contributed by atoms with Gasteiger partial charge >= 0.3 is 5.69 Å². The van der Waals surface area contributed by atoms with Crippen LogP contribution in [0.15, 0.2) is 23.0 Å². The molecule has 2 aromatic rings. The Kier molecular flexibility index (Phi) is 5.45. The van der Waals surface area contributed by atoms with Crippen molar-refractivity contribution in [2.75, 3.05) is 0 Å². The second-order valence-corrected chi connectivity index (χ2v) is 9.25. The summed E-state index contributed by atoms with van der Waals surface area (Å²) in [5.74, 6) is 1.33. The van der Waals surface area contributed by atoms with Gasteiger partial charge in [-0.3, -0.25) is 13.9 Å². The summed E-state index contributed by atoms with van der Waals surface area (Å²) in [5.41, 5.74) is 1.71. The van der Waals surface area contributed by atoms with Crippen molar-refractivity contribution in [1.82, 2.24) is 14.0 Å². The lowest BCUT2D eigenvalue weighted by atomic mass is 9.80. The minimum Gasteiger partial charge on any atom is -0.593 e. The number of carbonyl (C=O) groups excluding carboxylic acids is 1. The van der Waals surface area contributed by atoms with Crippen LogP contribution in [0.5, 0.6) is 5.75 Å². The van der Waals surface area contributed by atoms with Crippen molar-refractivity contribution in [3.05, 3.63) is 28.7 Å². The van der Waals surface area contributed by atoms with Crippen LogP contribution in [0.25, 0.3) is 11.0 Å². The summed E-state index contributed by atoms with van der Waals surface area (Å²) in [6.45, 7) is 5.05. The molecule has 1 saturated carbocycles. The van der Waals surface area contributed by atoms with Crippen LogP contribution in [0.1, 0.15) is 58.8 Å². The number of nitrogens with zero attached hydrogens (tertiary/aromatic N) is 3. The molecule has 6 heteroatoms. The van der Waals surface area contributed by atoms with E-state index in [0.29, 0.717) is 36.2 Å². The Hall–Kier alpha value is -2.24. The third-order valence-electron chi connectivity index (χ3n) is 7.23. The van der Waals surface area contributed by atoms with Crippen LogP contribution in [-0.4, -0.2) is 37.1 Å². The van der Waals surface area contributed by atoms with Crippen LogP contribution in [0, 0.1) is 11.8 Å². The van der Waals surface area contributed by atoms with Gasteiger partial charge in [0.15, 0.2) is 0 Å². The fraction of sp³-hybridized carbons (Fsp3) is 0.652. The second-order valence-electron chi connectivity index (χ2n) is 9.25. The number of carbonyl (C=O) groups is 1. The Balaban J connectivity index is 1.44. The van der Waals surface area contributed by atoms with Gasteiger partial charge in [-0.25, -0.2) is 4.79 Å². The number of likely N-dealkylation sites (tertiary alicyclic amines) is 1. The number of piperidine rings is 1. The average molecular weight is 401 g/mol. The van der Waals surface area contributed by atoms with Crippen molar-refractivity contribution in [2.24, 2.45) is 18.9 Å². The molecule has 0 spiro atoms. The van der Waals surface area contributed by atoms with Gasteiger partial charge in [0.25, 0.3) is 5.75 Å². The highest BCUT2D eigenvalue weighted by Gasteiger charge is 2.35. The van der Waals surface area contributed by atoms with Gasteiger partial charge in [0.05, 0.1) is 17.1 Å². The Morgan fingerprint density at radius 3 is 2.34 bits per heavy atom. The predicted molar refractivity (Wildman–Crippen MR) is 115 cm³/mol. The van der Waals surface area contributed by atoms with Crippen molar-refractivity contribution in [3.8, 4) is 5.75 Å². The predicted octanol–water partition coefficient (Wildman–Crippen LogP) is 3.37. The molecular formula is C23H34N3O3+. The van der Waals surface area contributed by atoms with E-state index in [-0.39, 0.29) is 11.6 Å². The third kappa shape index (κ3) is 3.69. The number of hydrogen-bond acceptors (Lipinski definition) is 2. The monoisotopic (exact) mass is 400 g/mol. The zero-order valence-electron chi connectivity index (χ0n) is 17.9. The Morgan fingerprint density at radius 2 is 1.69 bits per heavy atom. The number of amides is 1. The summed E-state index contributed by atoms with van der Waals surface area (Å²) in [4.78, 5) is 28.0. The molecule has 1 aliphatic heterocycles. The molecule has 2 heterocycles. The van der Waals surface area contributed by atoms with Crippen LogP contribution in [-0.2, 0) is 18.4 Å². The molecule has 0 unspecified atom stereocenters. The molecule has 1 aromatic heterocycles. The summed E-state index contributed by atoms with van der Waals surface area (Å²) < 4.78 is 3.50. The van der Waals surface area contributed by atoms with Crippen molar-refractivity contribution in [2.45, 2.75) is 77.4 Å². The van der Waals surface area contributed by atoms with Crippen LogP contribution in [0.4, 0.5) is 0 Å². The van der Waals surface area contributed by atoms with Crippen molar-refractivity contribution in [3.63, 3.8) is 0 Å². The summed E-state index contributed by atoms with van der Waals surface area (Å²) >= 11 is 0. The zero-order chi connectivity index (χ0) is 20.7. The molecule has 1 saturated heterocycles. The highest BCUT2D eigenvalue weighted by molar-refractivity contribution is 5.80. The molecule has 2 aliphatic rings. The number of aromatic nitrogens is 2. The van der Waals surface area contributed by atoms with Gasteiger partial charge in [0, 0.05) is 37.7 Å². The summed E-state index contributed by atoms with van der Waals surface area (Å²) in [7, 11) is 1.79. The Bertz CT molecular complexity index is 942. The van der Waals surface area contributed by atoms with Crippen LogP contribution in [0.2, 0.25) is 0 Å². The quantitative estimate of drug-likeness (QED) is 0.741. The third-order valence-corrected chi connectivity index (χ3v) is 7.23. The summed E-state index contributed by atoms with van der Waals surface area (Å²) in [5, 5.41) is 7.91. The molecule has 0 bridgehead atoms. The van der Waals surface area contributed by atoms with E-state index in [1.54, 1.807) is 23.7 Å². The number of hydrogen-bond donors (Lipinski definition) is 0. The van der Waals surface area contributed by atoms with E-state index in [2.05, 4.69) is 18.7 Å². The first kappa shape index (κ1) is 20.0. The fourth-order valence-corrected chi connectivity index (χ4v) is 5.50. The van der Waals surface area contributed by atoms with E-state index in [9.17, 15) is 9.59 Å². The lowest BCUT2D eigenvalue weighted by Crippen LogP contribution is -2.50. The number of imidazole rings is 1. The van der Waals surface area contributed by atoms with E-state index in [4.69, 9.17) is 5.11 Å². The molecule has 2 atom stereocenters. The van der Waals surface area contributed by atoms with Crippen LogP contribution < -0.4 is 5.69 Å². The van der Waals surface area contributed by atoms with Gasteiger partial charge in [-0.05, 0) is 70.8 Å². The van der Waals surface area contributed by atoms with Gasteiger partial charge in [-0.15, -0.1) is 0 Å². The minimum absolute atomic E-state index is 0.0141. The van der Waals surface area contributed by atoms with E-state index in [0.717, 1.165) is 49.6 Å². The van der Waals surface area contributed by atoms with Crippen molar-refractivity contribution >= 4 is 16.9 Å². The second kappa shape index (κ2) is 7.88. The number of rotatable bonds is 3. The highest BCUT2D eigenvalue weighted by atomic mass is 16.3. The van der Waals surface area contributed by atoms with Crippen LogP contribution >= 0.6 is 0 Å². The topological polar surface area (TPSA) is 70.1 Å². The maximum Gasteiger partial charge on any atom is 0.328 e. The maximum atomic E-state index is 13.2. The lowest BCUT2D eigenvalue weighted by molar-refractivity contribution is -0.143. The molecule has 158 valence electrons. The lowest BCUT2D eigenvalue weighted by Gasteiger charge is -2.42. The molecule has 1 amide bonds. The largest absolute Gasteiger partial charge is 0.593 e. The first-order valence-corrected chi connectivity index (χ1v) is 11.1. The average Bonchev–Trinajstić information content (AvgIpc) is 2.92. The molecule has 6 nitrogen and oxygen atoms in total. The molecule has 1 aliphatic carbocycles. The summed E-state index contributed by atoms with van der Waals surface area (Å²) in [6, 6.07) is 6.08. The normalized spacial score (nSPS) is 28.0. The highest BCUT2D eigenvalue weighted by Crippen LogP contribution is 2.34. The standard InChI is InChI=1S/C23H33N3O3/c1-15-5-4-6-16(2)26(15)22(28)18-9-7-17(8-10-18)14-25-21-13-19(27)11-12-20(21)24(3)23(25)29/h11-13,15-18,27H,4-10,14H2,1-3H3/p+1/t15-,16+,17?,18?. The van der Waals surface area contributed by atoms with E-state index in [1.165, 1.54) is 6.42 Å². The molecule has 4 rings (SSSR count). The fourth-order valence-electron chi connectivity index (χ4n) is 5.50. The summed E-state index contributed by atoms with van der Waals surface area (Å²) in [6.07, 6.45) is 7.26. The van der Waals surface area contributed by atoms with Crippen LogP contribution in [0.3, 0.4) is 0 Å². The number of benzene rings is 1. The van der Waals surface area contributed by atoms with Gasteiger partial charge in [-0.2, -0.15) is 0 Å². The minimum atomic E-state index is -0.0141. The number of fused-ring (bicyclic) bond motifs is 1.